The quantitative estimate of drug-likeness (QED) is 0.846. The minimum atomic E-state index is -0.105. The van der Waals surface area contributed by atoms with Gasteiger partial charge >= 0.3 is 0 Å². The molecule has 3 rings (SSSR count). The number of nitrogens with zero attached hydrogens (tertiary/aromatic N) is 3. The smallest absolute Gasteiger partial charge is 0.161 e. The molecule has 0 bridgehead atoms. The van der Waals surface area contributed by atoms with E-state index in [2.05, 4.69) is 20.3 Å². The van der Waals surface area contributed by atoms with E-state index >= 15 is 0 Å². The highest BCUT2D eigenvalue weighted by molar-refractivity contribution is 5.55. The third-order valence-corrected chi connectivity index (χ3v) is 3.29. The van der Waals surface area contributed by atoms with Gasteiger partial charge in [0.2, 0.25) is 0 Å². The zero-order valence-electron chi connectivity index (χ0n) is 12.1. The zero-order valence-corrected chi connectivity index (χ0v) is 12.1. The maximum atomic E-state index is 9.11. The lowest BCUT2D eigenvalue weighted by molar-refractivity contribution is -0.0819. The van der Waals surface area contributed by atoms with Gasteiger partial charge in [-0.25, -0.2) is 15.0 Å². The summed E-state index contributed by atoms with van der Waals surface area (Å²) in [4.78, 5) is 12.8. The van der Waals surface area contributed by atoms with Gasteiger partial charge in [-0.3, -0.25) is 0 Å². The van der Waals surface area contributed by atoms with Crippen LogP contribution in [0.4, 0.5) is 5.82 Å². The molecule has 1 atom stereocenters. The molecule has 3 heterocycles. The average molecular weight is 302 g/mol. The van der Waals surface area contributed by atoms with Crippen LogP contribution in [0.25, 0.3) is 11.4 Å². The van der Waals surface area contributed by atoms with E-state index in [1.165, 1.54) is 0 Å². The predicted octanol–water partition coefficient (Wildman–Crippen LogP) is 0.858. The van der Waals surface area contributed by atoms with Crippen LogP contribution in [0.1, 0.15) is 5.69 Å². The number of rotatable bonds is 5. The summed E-state index contributed by atoms with van der Waals surface area (Å²) in [6.07, 6.45) is 3.39. The second-order valence-electron chi connectivity index (χ2n) is 4.91. The van der Waals surface area contributed by atoms with Gasteiger partial charge in [-0.1, -0.05) is 0 Å². The van der Waals surface area contributed by atoms with Crippen LogP contribution in [0.15, 0.2) is 30.6 Å². The van der Waals surface area contributed by atoms with Crippen molar-refractivity contribution in [3.8, 4) is 11.4 Å². The SMILES string of the molecule is OCc1ccnc(-c2ccc(NC[C@@H]3COCCO3)nc2)n1. The lowest BCUT2D eigenvalue weighted by atomic mass is 10.2. The fourth-order valence-corrected chi connectivity index (χ4v) is 2.13. The van der Waals surface area contributed by atoms with Gasteiger partial charge in [0.15, 0.2) is 5.82 Å². The molecule has 7 heteroatoms. The van der Waals surface area contributed by atoms with Crippen molar-refractivity contribution in [2.24, 2.45) is 0 Å². The maximum absolute atomic E-state index is 9.11. The van der Waals surface area contributed by atoms with Gasteiger partial charge in [-0.05, 0) is 18.2 Å². The number of anilines is 1. The topological polar surface area (TPSA) is 89.4 Å². The number of ether oxygens (including phenoxy) is 2. The highest BCUT2D eigenvalue weighted by atomic mass is 16.6. The highest BCUT2D eigenvalue weighted by Crippen LogP contribution is 2.15. The van der Waals surface area contributed by atoms with E-state index in [0.29, 0.717) is 37.9 Å². The third-order valence-electron chi connectivity index (χ3n) is 3.29. The second-order valence-corrected chi connectivity index (χ2v) is 4.91. The van der Waals surface area contributed by atoms with Crippen LogP contribution in [0.2, 0.25) is 0 Å². The molecule has 0 spiro atoms. The van der Waals surface area contributed by atoms with Crippen molar-refractivity contribution in [2.45, 2.75) is 12.7 Å². The first-order valence-electron chi connectivity index (χ1n) is 7.17. The molecule has 0 saturated carbocycles. The van der Waals surface area contributed by atoms with E-state index in [9.17, 15) is 0 Å². The molecule has 0 radical (unpaired) electrons. The van der Waals surface area contributed by atoms with Crippen LogP contribution >= 0.6 is 0 Å². The predicted molar refractivity (Wildman–Crippen MR) is 80.2 cm³/mol. The van der Waals surface area contributed by atoms with E-state index in [4.69, 9.17) is 14.6 Å². The van der Waals surface area contributed by atoms with Crippen LogP contribution in [0.5, 0.6) is 0 Å². The summed E-state index contributed by atoms with van der Waals surface area (Å²) in [5.41, 5.74) is 1.39. The van der Waals surface area contributed by atoms with Crippen LogP contribution in [-0.2, 0) is 16.1 Å². The summed E-state index contributed by atoms with van der Waals surface area (Å²) in [5.74, 6) is 1.31. The summed E-state index contributed by atoms with van der Waals surface area (Å²) in [5, 5.41) is 12.3. The average Bonchev–Trinajstić information content (AvgIpc) is 2.61. The summed E-state index contributed by atoms with van der Waals surface area (Å²) >= 11 is 0. The van der Waals surface area contributed by atoms with Crippen molar-refractivity contribution >= 4 is 5.82 Å². The Morgan fingerprint density at radius 2 is 2.18 bits per heavy atom. The number of aliphatic hydroxyl groups excluding tert-OH is 1. The molecular formula is C15H18N4O3. The lowest BCUT2D eigenvalue weighted by Crippen LogP contribution is -2.34. The number of hydrogen-bond acceptors (Lipinski definition) is 7. The van der Waals surface area contributed by atoms with Gasteiger partial charge in [-0.2, -0.15) is 0 Å². The second kappa shape index (κ2) is 7.26. The van der Waals surface area contributed by atoms with Crippen LogP contribution < -0.4 is 5.32 Å². The number of hydrogen-bond donors (Lipinski definition) is 2. The largest absolute Gasteiger partial charge is 0.390 e. The normalized spacial score (nSPS) is 18.1. The van der Waals surface area contributed by atoms with E-state index < -0.39 is 0 Å². The summed E-state index contributed by atoms with van der Waals surface area (Å²) < 4.78 is 10.9. The Labute approximate surface area is 128 Å². The first-order chi connectivity index (χ1) is 10.8. The molecule has 0 aromatic carbocycles. The molecule has 2 aromatic heterocycles. The lowest BCUT2D eigenvalue weighted by Gasteiger charge is -2.23. The Hall–Kier alpha value is -2.09. The zero-order chi connectivity index (χ0) is 15.2. The molecule has 2 aromatic rings. The van der Waals surface area contributed by atoms with Gasteiger partial charge < -0.3 is 19.9 Å². The fourth-order valence-electron chi connectivity index (χ4n) is 2.13. The Balaban J connectivity index is 1.61. The number of aromatic nitrogens is 3. The van der Waals surface area contributed by atoms with Crippen molar-refractivity contribution in [1.29, 1.82) is 0 Å². The maximum Gasteiger partial charge on any atom is 0.161 e. The molecule has 2 N–H and O–H groups in total. The van der Waals surface area contributed by atoms with E-state index in [1.54, 1.807) is 18.5 Å². The van der Waals surface area contributed by atoms with E-state index in [1.807, 2.05) is 12.1 Å². The fraction of sp³-hybridized carbons (Fsp3) is 0.400. The molecule has 22 heavy (non-hydrogen) atoms. The molecule has 1 saturated heterocycles. The minimum Gasteiger partial charge on any atom is -0.390 e. The first-order valence-corrected chi connectivity index (χ1v) is 7.17. The first kappa shape index (κ1) is 14.8. The van der Waals surface area contributed by atoms with Crippen molar-refractivity contribution < 1.29 is 14.6 Å². The van der Waals surface area contributed by atoms with Crippen molar-refractivity contribution in [1.82, 2.24) is 15.0 Å². The third kappa shape index (κ3) is 3.76. The van der Waals surface area contributed by atoms with Crippen LogP contribution in [-0.4, -0.2) is 52.5 Å². The Bertz CT molecular complexity index is 600. The van der Waals surface area contributed by atoms with Crippen LogP contribution in [0, 0.1) is 0 Å². The number of nitrogens with one attached hydrogen (secondary N) is 1. The van der Waals surface area contributed by atoms with Crippen molar-refractivity contribution in [2.75, 3.05) is 31.7 Å². The Kier molecular flexibility index (Phi) is 4.89. The minimum absolute atomic E-state index is 0.0554. The number of aliphatic hydroxyl groups is 1. The van der Waals surface area contributed by atoms with Gasteiger partial charge in [0.1, 0.15) is 5.82 Å². The standard InChI is InChI=1S/C15H18N4O3/c20-9-12-3-4-16-15(19-12)11-1-2-14(17-7-11)18-8-13-10-21-5-6-22-13/h1-4,7,13,20H,5-6,8-10H2,(H,17,18)/t13-/m1/s1. The summed E-state index contributed by atoms with van der Waals surface area (Å²) in [7, 11) is 0. The summed E-state index contributed by atoms with van der Waals surface area (Å²) in [6, 6.07) is 5.44. The van der Waals surface area contributed by atoms with E-state index in [-0.39, 0.29) is 12.7 Å². The molecule has 0 unspecified atom stereocenters. The van der Waals surface area contributed by atoms with Gasteiger partial charge in [-0.15, -0.1) is 0 Å². The van der Waals surface area contributed by atoms with Crippen LogP contribution in [0.3, 0.4) is 0 Å². The van der Waals surface area contributed by atoms with Gasteiger partial charge in [0.25, 0.3) is 0 Å². The molecule has 0 amide bonds. The molecule has 0 aliphatic carbocycles. The Morgan fingerprint density at radius 1 is 1.23 bits per heavy atom. The monoisotopic (exact) mass is 302 g/mol. The van der Waals surface area contributed by atoms with Crippen molar-refractivity contribution in [3.05, 3.63) is 36.3 Å². The van der Waals surface area contributed by atoms with E-state index in [0.717, 1.165) is 11.4 Å². The highest BCUT2D eigenvalue weighted by Gasteiger charge is 2.14. The molecule has 7 nitrogen and oxygen atoms in total. The molecule has 1 aliphatic rings. The van der Waals surface area contributed by atoms with Crippen molar-refractivity contribution in [3.63, 3.8) is 0 Å². The molecular weight excluding hydrogens is 284 g/mol. The molecule has 116 valence electrons. The Morgan fingerprint density at radius 3 is 2.91 bits per heavy atom. The van der Waals surface area contributed by atoms with Gasteiger partial charge in [0.05, 0.1) is 38.2 Å². The summed E-state index contributed by atoms with van der Waals surface area (Å²) in [6.45, 7) is 2.45. The van der Waals surface area contributed by atoms with Gasteiger partial charge in [0, 0.05) is 24.5 Å². The molecule has 1 fully saturated rings. The molecule has 1 aliphatic heterocycles. The number of pyridine rings is 1.